The molecule has 184 valence electrons. The number of ether oxygens (including phenoxy) is 1. The van der Waals surface area contributed by atoms with Crippen molar-refractivity contribution in [2.24, 2.45) is 0 Å². The molecule has 1 aliphatic heterocycles. The van der Waals surface area contributed by atoms with Crippen LogP contribution in [0.3, 0.4) is 0 Å². The zero-order valence-electron chi connectivity index (χ0n) is 19.2. The molecule has 2 aromatic rings. The smallest absolute Gasteiger partial charge is 0.240 e. The Labute approximate surface area is 212 Å². The number of benzene rings is 2. The first-order valence-electron chi connectivity index (χ1n) is 11.6. The van der Waals surface area contributed by atoms with Crippen molar-refractivity contribution >= 4 is 50.3 Å². The highest BCUT2D eigenvalue weighted by molar-refractivity contribution is 7.89. The maximum Gasteiger partial charge on any atom is 0.240 e. The lowest BCUT2D eigenvalue weighted by Gasteiger charge is -2.22. The Kier molecular flexibility index (Phi) is 8.18. The number of hydrogen-bond acceptors (Lipinski definition) is 5. The Balaban J connectivity index is 1.29. The van der Waals surface area contributed by atoms with Crippen molar-refractivity contribution in [2.45, 2.75) is 55.5 Å². The van der Waals surface area contributed by atoms with E-state index in [1.165, 1.54) is 6.42 Å². The topological polar surface area (TPSA) is 82.7 Å². The summed E-state index contributed by atoms with van der Waals surface area (Å²) in [5, 5.41) is 7.67. The van der Waals surface area contributed by atoms with Crippen LogP contribution in [0.25, 0.3) is 0 Å². The van der Waals surface area contributed by atoms with Gasteiger partial charge in [0.05, 0.1) is 22.7 Å². The quantitative estimate of drug-likeness (QED) is 0.461. The fourth-order valence-electron chi connectivity index (χ4n) is 4.55. The summed E-state index contributed by atoms with van der Waals surface area (Å²) >= 11 is 11.9. The number of nitrogens with one attached hydrogen (secondary N) is 3. The van der Waals surface area contributed by atoms with E-state index in [-0.39, 0.29) is 17.0 Å². The van der Waals surface area contributed by atoms with Crippen LogP contribution in [-0.4, -0.2) is 45.8 Å². The minimum Gasteiger partial charge on any atom is -0.497 e. The lowest BCUT2D eigenvalue weighted by atomic mass is 9.96. The van der Waals surface area contributed by atoms with Crippen molar-refractivity contribution in [2.75, 3.05) is 30.4 Å². The Hall–Kier alpha value is -2.07. The molecule has 0 bridgehead atoms. The molecule has 1 saturated heterocycles. The van der Waals surface area contributed by atoms with Crippen LogP contribution in [0.5, 0.6) is 5.75 Å². The molecule has 1 saturated carbocycles. The van der Waals surface area contributed by atoms with Crippen molar-refractivity contribution in [3.05, 3.63) is 47.5 Å². The van der Waals surface area contributed by atoms with E-state index in [0.29, 0.717) is 10.1 Å². The van der Waals surface area contributed by atoms with Gasteiger partial charge in [0, 0.05) is 36.9 Å². The third-order valence-corrected chi connectivity index (χ3v) is 8.43. The molecular weight excluding hydrogens is 492 g/mol. The summed E-state index contributed by atoms with van der Waals surface area (Å²) in [5.41, 5.74) is 1.71. The van der Waals surface area contributed by atoms with Gasteiger partial charge in [-0.05, 0) is 67.9 Å². The Morgan fingerprint density at radius 3 is 2.47 bits per heavy atom. The van der Waals surface area contributed by atoms with Gasteiger partial charge in [0.1, 0.15) is 5.75 Å². The molecule has 2 aliphatic rings. The van der Waals surface area contributed by atoms with Gasteiger partial charge in [-0.2, -0.15) is 0 Å². The van der Waals surface area contributed by atoms with E-state index in [0.717, 1.165) is 62.3 Å². The fraction of sp³-hybridized carbons (Fsp3) is 0.458. The van der Waals surface area contributed by atoms with E-state index < -0.39 is 10.0 Å². The third kappa shape index (κ3) is 6.33. The molecule has 10 heteroatoms. The predicted octanol–water partition coefficient (Wildman–Crippen LogP) is 4.52. The lowest BCUT2D eigenvalue weighted by Crippen LogP contribution is -2.39. The van der Waals surface area contributed by atoms with Gasteiger partial charge in [-0.3, -0.25) is 0 Å². The summed E-state index contributed by atoms with van der Waals surface area (Å²) < 4.78 is 33.4. The van der Waals surface area contributed by atoms with Crippen LogP contribution in [0, 0.1) is 0 Å². The van der Waals surface area contributed by atoms with E-state index in [4.69, 9.17) is 28.6 Å². The molecular formula is C24H31ClN4O3S2. The van der Waals surface area contributed by atoms with Crippen molar-refractivity contribution < 1.29 is 13.2 Å². The molecule has 2 aromatic carbocycles. The minimum atomic E-state index is -3.51. The van der Waals surface area contributed by atoms with Crippen molar-refractivity contribution in [3.63, 3.8) is 0 Å². The first-order valence-corrected chi connectivity index (χ1v) is 13.9. The summed E-state index contributed by atoms with van der Waals surface area (Å²) in [4.78, 5) is 2.49. The van der Waals surface area contributed by atoms with Crippen LogP contribution in [0.4, 0.5) is 11.4 Å². The van der Waals surface area contributed by atoms with Crippen LogP contribution in [0.1, 0.15) is 38.5 Å². The second kappa shape index (κ2) is 11.1. The van der Waals surface area contributed by atoms with Gasteiger partial charge < -0.3 is 20.3 Å². The highest BCUT2D eigenvalue weighted by Crippen LogP contribution is 2.32. The standard InChI is InChI=1S/C24H31ClN4O3S2/c1-32-20-9-12-23(22(25)15-20)29-14-13-19(16-29)27-24(33)26-17-7-10-21(11-8-17)34(30,31)28-18-5-3-2-4-6-18/h7-12,15,18-19,28H,2-6,13-14,16H2,1H3,(H2,26,27,33). The summed E-state index contributed by atoms with van der Waals surface area (Å²) in [6.45, 7) is 1.64. The van der Waals surface area contributed by atoms with Crippen molar-refractivity contribution in [1.29, 1.82) is 0 Å². The molecule has 2 fully saturated rings. The molecule has 0 radical (unpaired) electrons. The molecule has 3 N–H and O–H groups in total. The van der Waals surface area contributed by atoms with Crippen LogP contribution in [0.15, 0.2) is 47.4 Å². The molecule has 1 atom stereocenters. The number of rotatable bonds is 7. The van der Waals surface area contributed by atoms with Gasteiger partial charge in [0.15, 0.2) is 5.11 Å². The van der Waals surface area contributed by atoms with E-state index in [1.54, 1.807) is 31.4 Å². The van der Waals surface area contributed by atoms with Crippen LogP contribution >= 0.6 is 23.8 Å². The average Bonchev–Trinajstić information content (AvgIpc) is 3.27. The molecule has 34 heavy (non-hydrogen) atoms. The molecule has 4 rings (SSSR count). The molecule has 0 spiro atoms. The van der Waals surface area contributed by atoms with Gasteiger partial charge in [-0.15, -0.1) is 0 Å². The number of nitrogens with zero attached hydrogens (tertiary/aromatic N) is 1. The maximum absolute atomic E-state index is 12.7. The second-order valence-corrected chi connectivity index (χ2v) is 11.4. The first-order chi connectivity index (χ1) is 16.3. The number of thiocarbonyl (C=S) groups is 1. The monoisotopic (exact) mass is 522 g/mol. The van der Waals surface area contributed by atoms with Crippen LogP contribution in [0.2, 0.25) is 5.02 Å². The van der Waals surface area contributed by atoms with Crippen LogP contribution in [-0.2, 0) is 10.0 Å². The van der Waals surface area contributed by atoms with Gasteiger partial charge >= 0.3 is 0 Å². The lowest BCUT2D eigenvalue weighted by molar-refractivity contribution is 0.412. The highest BCUT2D eigenvalue weighted by Gasteiger charge is 2.25. The van der Waals surface area contributed by atoms with Crippen LogP contribution < -0.4 is 25.0 Å². The van der Waals surface area contributed by atoms with Crippen molar-refractivity contribution in [3.8, 4) is 5.75 Å². The van der Waals surface area contributed by atoms with Crippen molar-refractivity contribution in [1.82, 2.24) is 10.0 Å². The third-order valence-electron chi connectivity index (χ3n) is 6.37. The number of anilines is 2. The van der Waals surface area contributed by atoms with Gasteiger partial charge in [-0.1, -0.05) is 30.9 Å². The summed E-state index contributed by atoms with van der Waals surface area (Å²) in [6, 6.07) is 12.6. The minimum absolute atomic E-state index is 0.0344. The largest absolute Gasteiger partial charge is 0.497 e. The Bertz CT molecular complexity index is 1110. The number of halogens is 1. The summed E-state index contributed by atoms with van der Waals surface area (Å²) in [6.07, 6.45) is 6.07. The zero-order valence-corrected chi connectivity index (χ0v) is 21.6. The first kappa shape index (κ1) is 25.0. The summed E-state index contributed by atoms with van der Waals surface area (Å²) in [7, 11) is -1.89. The van der Waals surface area contributed by atoms with E-state index in [1.807, 2.05) is 18.2 Å². The Morgan fingerprint density at radius 2 is 1.79 bits per heavy atom. The molecule has 1 unspecified atom stereocenters. The second-order valence-electron chi connectivity index (χ2n) is 8.83. The number of sulfonamides is 1. The average molecular weight is 523 g/mol. The molecule has 0 amide bonds. The predicted molar refractivity (Wildman–Crippen MR) is 142 cm³/mol. The molecule has 0 aromatic heterocycles. The van der Waals surface area contributed by atoms with E-state index in [2.05, 4.69) is 20.3 Å². The molecule has 1 heterocycles. The number of methoxy groups -OCH3 is 1. The fourth-order valence-corrected chi connectivity index (χ4v) is 6.43. The zero-order chi connectivity index (χ0) is 24.1. The van der Waals surface area contributed by atoms with Gasteiger partial charge in [0.25, 0.3) is 0 Å². The van der Waals surface area contributed by atoms with Gasteiger partial charge in [-0.25, -0.2) is 13.1 Å². The molecule has 1 aliphatic carbocycles. The maximum atomic E-state index is 12.7. The van der Waals surface area contributed by atoms with E-state index >= 15 is 0 Å². The molecule has 7 nitrogen and oxygen atoms in total. The summed E-state index contributed by atoms with van der Waals surface area (Å²) in [5.74, 6) is 0.733. The highest BCUT2D eigenvalue weighted by atomic mass is 35.5. The van der Waals surface area contributed by atoms with Gasteiger partial charge in [0.2, 0.25) is 10.0 Å². The normalized spacial score (nSPS) is 19.1. The Morgan fingerprint density at radius 1 is 1.06 bits per heavy atom. The SMILES string of the molecule is COc1ccc(N2CCC(NC(=S)Nc3ccc(S(=O)(=O)NC4CCCCC4)cc3)C2)c(Cl)c1. The van der Waals surface area contributed by atoms with E-state index in [9.17, 15) is 8.42 Å². The number of hydrogen-bond donors (Lipinski definition) is 3.